The van der Waals surface area contributed by atoms with Gasteiger partial charge >= 0.3 is 5.97 Å². The highest BCUT2D eigenvalue weighted by molar-refractivity contribution is 5.81. The number of ether oxygens (including phenoxy) is 1. The zero-order valence-electron chi connectivity index (χ0n) is 21.5. The van der Waals surface area contributed by atoms with Gasteiger partial charge in [0.25, 0.3) is 5.56 Å². The third-order valence-corrected chi connectivity index (χ3v) is 6.24. The Balaban J connectivity index is 1.65. The van der Waals surface area contributed by atoms with E-state index in [4.69, 9.17) is 9.72 Å². The lowest BCUT2D eigenvalue weighted by molar-refractivity contribution is -0.160. The number of aromatic nitrogens is 3. The second kappa shape index (κ2) is 9.59. The van der Waals surface area contributed by atoms with Crippen molar-refractivity contribution in [3.8, 4) is 11.4 Å². The molecule has 2 N–H and O–H groups in total. The maximum absolute atomic E-state index is 12.6. The van der Waals surface area contributed by atoms with Gasteiger partial charge in [-0.2, -0.15) is 0 Å². The molecule has 188 valence electrons. The zero-order valence-corrected chi connectivity index (χ0v) is 21.5. The Morgan fingerprint density at radius 3 is 2.60 bits per heavy atom. The van der Waals surface area contributed by atoms with Crippen LogP contribution >= 0.6 is 0 Å². The number of hydrogen-bond acceptors (Lipinski definition) is 6. The summed E-state index contributed by atoms with van der Waals surface area (Å²) in [6.07, 6.45) is 3.36. The van der Waals surface area contributed by atoms with Crippen LogP contribution < -0.4 is 10.9 Å². The Morgan fingerprint density at radius 2 is 2.00 bits per heavy atom. The van der Waals surface area contributed by atoms with Gasteiger partial charge < -0.3 is 19.0 Å². The number of nitrogens with zero attached hydrogens (tertiary/aromatic N) is 3. The van der Waals surface area contributed by atoms with E-state index in [1.165, 1.54) is 12.8 Å². The SMILES string of the molecule is Cc1cc(-c2nc3ccc(CN[C@@H](C(=O)OC(C)(C)C)[C@@H](C)O)cc3n2CC2CC2)cn(C)c1=O. The molecule has 2 aromatic heterocycles. The van der Waals surface area contributed by atoms with Crippen LogP contribution in [-0.2, 0) is 29.7 Å². The van der Waals surface area contributed by atoms with E-state index in [0.29, 0.717) is 18.0 Å². The largest absolute Gasteiger partial charge is 0.459 e. The number of esters is 1. The van der Waals surface area contributed by atoms with E-state index < -0.39 is 23.7 Å². The number of carbonyl (C=O) groups is 1. The van der Waals surface area contributed by atoms with Crippen molar-refractivity contribution in [1.29, 1.82) is 0 Å². The highest BCUT2D eigenvalue weighted by Gasteiger charge is 2.29. The van der Waals surface area contributed by atoms with Crippen LogP contribution in [-0.4, -0.2) is 42.9 Å². The minimum absolute atomic E-state index is 0.00961. The van der Waals surface area contributed by atoms with E-state index in [1.807, 2.05) is 52.1 Å². The molecule has 1 fully saturated rings. The molecular weight excluding hydrogens is 444 g/mol. The summed E-state index contributed by atoms with van der Waals surface area (Å²) in [5.74, 6) is 1.01. The minimum atomic E-state index is -0.895. The van der Waals surface area contributed by atoms with Gasteiger partial charge in [0.15, 0.2) is 0 Å². The first kappa shape index (κ1) is 25.1. The lowest BCUT2D eigenvalue weighted by Crippen LogP contribution is -2.47. The predicted molar refractivity (Wildman–Crippen MR) is 136 cm³/mol. The van der Waals surface area contributed by atoms with Crippen LogP contribution in [0.3, 0.4) is 0 Å². The third-order valence-electron chi connectivity index (χ3n) is 6.24. The van der Waals surface area contributed by atoms with E-state index in [1.54, 1.807) is 18.5 Å². The Labute approximate surface area is 205 Å². The molecule has 2 heterocycles. The average Bonchev–Trinajstić information content (AvgIpc) is 3.50. The Kier molecular flexibility index (Phi) is 6.88. The number of aliphatic hydroxyl groups excluding tert-OH is 1. The molecule has 0 saturated heterocycles. The van der Waals surface area contributed by atoms with Crippen molar-refractivity contribution in [3.63, 3.8) is 0 Å². The van der Waals surface area contributed by atoms with Gasteiger partial charge in [0, 0.05) is 37.5 Å². The molecule has 0 radical (unpaired) electrons. The van der Waals surface area contributed by atoms with Crippen molar-refractivity contribution in [2.24, 2.45) is 13.0 Å². The van der Waals surface area contributed by atoms with Gasteiger partial charge in [0.2, 0.25) is 0 Å². The van der Waals surface area contributed by atoms with Crippen molar-refractivity contribution in [3.05, 3.63) is 51.9 Å². The molecule has 1 aromatic carbocycles. The third kappa shape index (κ3) is 5.82. The standard InChI is InChI=1S/C27H36N4O4/c1-16-11-20(15-30(6)25(16)33)24-29-21-10-9-19(12-22(21)31(24)14-18-7-8-18)13-28-23(17(2)32)26(34)35-27(3,4)5/h9-12,15,17-18,23,28,32H,7-8,13-14H2,1-6H3/t17-,23-/m1/s1. The molecule has 35 heavy (non-hydrogen) atoms. The highest BCUT2D eigenvalue weighted by atomic mass is 16.6. The fourth-order valence-corrected chi connectivity index (χ4v) is 4.29. The molecule has 1 aliphatic rings. The fourth-order valence-electron chi connectivity index (χ4n) is 4.29. The smallest absolute Gasteiger partial charge is 0.326 e. The molecule has 0 aliphatic heterocycles. The first-order valence-corrected chi connectivity index (χ1v) is 12.2. The van der Waals surface area contributed by atoms with Crippen molar-refractivity contribution in [2.75, 3.05) is 0 Å². The summed E-state index contributed by atoms with van der Waals surface area (Å²) < 4.78 is 9.32. The summed E-state index contributed by atoms with van der Waals surface area (Å²) in [6.45, 7) is 10.1. The molecule has 3 aromatic rings. The Hall–Kier alpha value is -2.97. The molecule has 0 spiro atoms. The molecule has 4 rings (SSSR count). The topological polar surface area (TPSA) is 98.4 Å². The number of imidazole rings is 1. The number of aryl methyl sites for hydroxylation is 2. The van der Waals surface area contributed by atoms with E-state index in [2.05, 4.69) is 16.0 Å². The van der Waals surface area contributed by atoms with Gasteiger partial charge in [-0.3, -0.25) is 14.9 Å². The van der Waals surface area contributed by atoms with Gasteiger partial charge in [0.05, 0.1) is 17.1 Å². The quantitative estimate of drug-likeness (QED) is 0.480. The molecule has 2 atom stereocenters. The van der Waals surface area contributed by atoms with Gasteiger partial charge in [-0.25, -0.2) is 4.98 Å². The number of rotatable bonds is 8. The van der Waals surface area contributed by atoms with Crippen molar-refractivity contribution in [1.82, 2.24) is 19.4 Å². The second-order valence-corrected chi connectivity index (χ2v) is 10.8. The van der Waals surface area contributed by atoms with Crippen molar-refractivity contribution in [2.45, 2.75) is 78.3 Å². The highest BCUT2D eigenvalue weighted by Crippen LogP contribution is 2.34. The number of fused-ring (bicyclic) bond motifs is 1. The number of carbonyl (C=O) groups excluding carboxylic acids is 1. The normalized spacial score (nSPS) is 15.9. The summed E-state index contributed by atoms with van der Waals surface area (Å²) in [4.78, 5) is 29.7. The second-order valence-electron chi connectivity index (χ2n) is 10.8. The van der Waals surface area contributed by atoms with Crippen LogP contribution in [0.1, 0.15) is 51.7 Å². The first-order chi connectivity index (χ1) is 16.4. The zero-order chi connectivity index (χ0) is 25.5. The molecule has 8 nitrogen and oxygen atoms in total. The molecule has 8 heteroatoms. The van der Waals surface area contributed by atoms with Crippen LogP contribution in [0.15, 0.2) is 35.3 Å². The van der Waals surface area contributed by atoms with Gasteiger partial charge in [-0.05, 0) is 77.1 Å². The van der Waals surface area contributed by atoms with Crippen LogP contribution in [0, 0.1) is 12.8 Å². The predicted octanol–water partition coefficient (Wildman–Crippen LogP) is 3.30. The molecule has 1 saturated carbocycles. The Bertz CT molecular complexity index is 1270. The number of pyridine rings is 1. The van der Waals surface area contributed by atoms with Gasteiger partial charge in [0.1, 0.15) is 17.5 Å². The maximum Gasteiger partial charge on any atom is 0.326 e. The van der Waals surface area contributed by atoms with Crippen LogP contribution in [0.25, 0.3) is 22.4 Å². The van der Waals surface area contributed by atoms with Crippen LogP contribution in [0.5, 0.6) is 0 Å². The molecule has 0 amide bonds. The Morgan fingerprint density at radius 1 is 1.29 bits per heavy atom. The summed E-state index contributed by atoms with van der Waals surface area (Å²) in [6, 6.07) is 7.13. The van der Waals surface area contributed by atoms with Gasteiger partial charge in [-0.1, -0.05) is 6.07 Å². The number of benzene rings is 1. The average molecular weight is 481 g/mol. The monoisotopic (exact) mass is 480 g/mol. The molecule has 0 bridgehead atoms. The summed E-state index contributed by atoms with van der Waals surface area (Å²) in [5, 5.41) is 13.3. The van der Waals surface area contributed by atoms with Crippen LogP contribution in [0.2, 0.25) is 0 Å². The van der Waals surface area contributed by atoms with E-state index in [-0.39, 0.29) is 5.56 Å². The first-order valence-electron chi connectivity index (χ1n) is 12.2. The summed E-state index contributed by atoms with van der Waals surface area (Å²) >= 11 is 0. The molecular formula is C27H36N4O4. The van der Waals surface area contributed by atoms with Crippen LogP contribution in [0.4, 0.5) is 0 Å². The minimum Gasteiger partial charge on any atom is -0.459 e. The maximum atomic E-state index is 12.6. The van der Waals surface area contributed by atoms with Crippen molar-refractivity contribution < 1.29 is 14.6 Å². The molecule has 0 unspecified atom stereocenters. The lowest BCUT2D eigenvalue weighted by atomic mass is 10.1. The van der Waals surface area contributed by atoms with Crippen molar-refractivity contribution >= 4 is 17.0 Å². The lowest BCUT2D eigenvalue weighted by Gasteiger charge is -2.26. The fraction of sp³-hybridized carbons (Fsp3) is 0.519. The number of aliphatic hydroxyl groups is 1. The summed E-state index contributed by atoms with van der Waals surface area (Å²) in [5.41, 5.74) is 3.84. The summed E-state index contributed by atoms with van der Waals surface area (Å²) in [7, 11) is 1.76. The molecule has 1 aliphatic carbocycles. The van der Waals surface area contributed by atoms with Gasteiger partial charge in [-0.15, -0.1) is 0 Å². The van der Waals surface area contributed by atoms with E-state index in [9.17, 15) is 14.7 Å². The van der Waals surface area contributed by atoms with E-state index >= 15 is 0 Å². The number of nitrogens with one attached hydrogen (secondary N) is 1. The van der Waals surface area contributed by atoms with E-state index in [0.717, 1.165) is 34.5 Å². The number of hydrogen-bond donors (Lipinski definition) is 2.